The third-order valence-corrected chi connectivity index (χ3v) is 3.90. The molecule has 1 unspecified atom stereocenters. The van der Waals surface area contributed by atoms with E-state index in [0.29, 0.717) is 38.6 Å². The summed E-state index contributed by atoms with van der Waals surface area (Å²) >= 11 is 0. The molecule has 0 radical (unpaired) electrons. The molecule has 0 saturated carbocycles. The van der Waals surface area contributed by atoms with Gasteiger partial charge in [-0.3, -0.25) is 4.79 Å². The third kappa shape index (κ3) is 6.36. The van der Waals surface area contributed by atoms with E-state index >= 15 is 0 Å². The number of benzene rings is 1. The van der Waals surface area contributed by atoms with Crippen LogP contribution in [0.5, 0.6) is 5.75 Å². The maximum atomic E-state index is 12.0. The average molecular weight is 351 g/mol. The van der Waals surface area contributed by atoms with E-state index in [1.54, 1.807) is 24.3 Å². The lowest BCUT2D eigenvalue weighted by Crippen LogP contribution is -2.46. The normalized spacial score (nSPS) is 17.9. The minimum Gasteiger partial charge on any atom is -0.491 e. The number of hydrogen-bond acceptors (Lipinski definition) is 5. The molecule has 1 aromatic carbocycles. The summed E-state index contributed by atoms with van der Waals surface area (Å²) in [6.07, 6.45) is 1.11. The number of hydrogen-bond donors (Lipinski definition) is 2. The summed E-state index contributed by atoms with van der Waals surface area (Å²) in [5.41, 5.74) is 0.803. The van der Waals surface area contributed by atoms with Gasteiger partial charge in [0.25, 0.3) is 0 Å². The third-order valence-electron chi connectivity index (χ3n) is 3.90. The minimum absolute atomic E-state index is 0.201. The molecule has 1 amide bonds. The van der Waals surface area contributed by atoms with E-state index in [-0.39, 0.29) is 12.3 Å². The molecule has 0 bridgehead atoms. The Kier molecular flexibility index (Phi) is 7.69. The molecular formula is C18H25NO6. The van der Waals surface area contributed by atoms with Gasteiger partial charge >= 0.3 is 5.97 Å². The van der Waals surface area contributed by atoms with Gasteiger partial charge in [0.15, 0.2) is 0 Å². The molecule has 7 heteroatoms. The molecule has 25 heavy (non-hydrogen) atoms. The monoisotopic (exact) mass is 351 g/mol. The first-order chi connectivity index (χ1) is 12.1. The Labute approximate surface area is 147 Å². The second-order valence-electron chi connectivity index (χ2n) is 5.79. The number of aliphatic carboxylic acids is 1. The van der Waals surface area contributed by atoms with Crippen LogP contribution in [-0.2, 0) is 25.5 Å². The molecule has 0 spiro atoms. The molecule has 2 N–H and O–H groups in total. The van der Waals surface area contributed by atoms with Crippen molar-refractivity contribution in [2.24, 2.45) is 0 Å². The molecule has 1 aliphatic heterocycles. The van der Waals surface area contributed by atoms with Crippen molar-refractivity contribution < 1.29 is 28.9 Å². The highest BCUT2D eigenvalue weighted by atomic mass is 16.5. The first-order valence-corrected chi connectivity index (χ1v) is 8.54. The number of rotatable bonds is 10. The van der Waals surface area contributed by atoms with E-state index in [4.69, 9.17) is 14.2 Å². The first-order valence-electron chi connectivity index (χ1n) is 8.54. The summed E-state index contributed by atoms with van der Waals surface area (Å²) in [7, 11) is 0. The molecular weight excluding hydrogens is 326 g/mol. The van der Waals surface area contributed by atoms with Gasteiger partial charge in [0.2, 0.25) is 5.91 Å². The van der Waals surface area contributed by atoms with Crippen LogP contribution in [0.3, 0.4) is 0 Å². The molecule has 138 valence electrons. The van der Waals surface area contributed by atoms with E-state index in [1.807, 2.05) is 6.92 Å². The van der Waals surface area contributed by atoms with E-state index in [9.17, 15) is 14.7 Å². The Morgan fingerprint density at radius 1 is 1.32 bits per heavy atom. The van der Waals surface area contributed by atoms with Crippen molar-refractivity contribution in [2.45, 2.75) is 38.3 Å². The van der Waals surface area contributed by atoms with Gasteiger partial charge < -0.3 is 24.6 Å². The summed E-state index contributed by atoms with van der Waals surface area (Å²) < 4.78 is 16.0. The summed E-state index contributed by atoms with van der Waals surface area (Å²) in [6.45, 7) is 4.10. The van der Waals surface area contributed by atoms with Crippen LogP contribution in [0.2, 0.25) is 0 Å². The molecule has 1 aromatic rings. The predicted molar refractivity (Wildman–Crippen MR) is 90.7 cm³/mol. The van der Waals surface area contributed by atoms with Crippen LogP contribution >= 0.6 is 0 Å². The number of carboxylic acids is 1. The molecule has 1 heterocycles. The zero-order valence-electron chi connectivity index (χ0n) is 14.4. The van der Waals surface area contributed by atoms with Crippen LogP contribution in [0.15, 0.2) is 24.3 Å². The number of carboxylic acid groups (broad SMARTS) is 1. The SMILES string of the molecule is CCOCCOc1ccc(C[C@H](NC(=O)C2CCCO2)C(=O)O)cc1. The predicted octanol–water partition coefficient (Wildman–Crippen LogP) is 1.39. The van der Waals surface area contributed by atoms with Crippen LogP contribution in [0.25, 0.3) is 0 Å². The van der Waals surface area contributed by atoms with Gasteiger partial charge in [-0.2, -0.15) is 0 Å². The maximum Gasteiger partial charge on any atom is 0.326 e. The fraction of sp³-hybridized carbons (Fsp3) is 0.556. The van der Waals surface area contributed by atoms with Gasteiger partial charge in [0, 0.05) is 19.6 Å². The van der Waals surface area contributed by atoms with Crippen molar-refractivity contribution in [1.82, 2.24) is 5.32 Å². The van der Waals surface area contributed by atoms with Gasteiger partial charge in [0.05, 0.1) is 6.61 Å². The Balaban J connectivity index is 1.86. The maximum absolute atomic E-state index is 12.0. The molecule has 1 saturated heterocycles. The molecule has 2 atom stereocenters. The Bertz CT molecular complexity index is 553. The van der Waals surface area contributed by atoms with Crippen LogP contribution < -0.4 is 10.1 Å². The number of carbonyl (C=O) groups excluding carboxylic acids is 1. The zero-order chi connectivity index (χ0) is 18.1. The van der Waals surface area contributed by atoms with E-state index < -0.39 is 18.1 Å². The van der Waals surface area contributed by atoms with Crippen molar-refractivity contribution in [2.75, 3.05) is 26.4 Å². The number of ether oxygens (including phenoxy) is 3. The molecule has 7 nitrogen and oxygen atoms in total. The zero-order valence-corrected chi connectivity index (χ0v) is 14.4. The lowest BCUT2D eigenvalue weighted by Gasteiger charge is -2.17. The quantitative estimate of drug-likeness (QED) is 0.619. The van der Waals surface area contributed by atoms with Gasteiger partial charge in [0.1, 0.15) is 24.5 Å². The lowest BCUT2D eigenvalue weighted by atomic mass is 10.1. The van der Waals surface area contributed by atoms with E-state index in [1.165, 1.54) is 0 Å². The molecule has 0 aromatic heterocycles. The van der Waals surface area contributed by atoms with Gasteiger partial charge in [-0.05, 0) is 37.5 Å². The van der Waals surface area contributed by atoms with Crippen molar-refractivity contribution >= 4 is 11.9 Å². The fourth-order valence-electron chi connectivity index (χ4n) is 2.57. The van der Waals surface area contributed by atoms with Crippen molar-refractivity contribution in [3.05, 3.63) is 29.8 Å². The van der Waals surface area contributed by atoms with Crippen LogP contribution in [0.1, 0.15) is 25.3 Å². The number of carbonyl (C=O) groups is 2. The second-order valence-corrected chi connectivity index (χ2v) is 5.79. The molecule has 1 aliphatic rings. The van der Waals surface area contributed by atoms with Crippen LogP contribution in [0.4, 0.5) is 0 Å². The van der Waals surface area contributed by atoms with Gasteiger partial charge in [-0.25, -0.2) is 4.79 Å². The topological polar surface area (TPSA) is 94.1 Å². The minimum atomic E-state index is -1.07. The summed E-state index contributed by atoms with van der Waals surface area (Å²) in [5.74, 6) is -0.733. The summed E-state index contributed by atoms with van der Waals surface area (Å²) in [6, 6.07) is 6.17. The van der Waals surface area contributed by atoms with E-state index in [0.717, 1.165) is 12.0 Å². The van der Waals surface area contributed by atoms with Crippen molar-refractivity contribution in [1.29, 1.82) is 0 Å². The summed E-state index contributed by atoms with van der Waals surface area (Å²) in [4.78, 5) is 23.5. The highest BCUT2D eigenvalue weighted by Gasteiger charge is 2.28. The number of nitrogens with one attached hydrogen (secondary N) is 1. The summed E-state index contributed by atoms with van der Waals surface area (Å²) in [5, 5.41) is 11.9. The first kappa shape index (κ1) is 19.2. The van der Waals surface area contributed by atoms with Crippen LogP contribution in [0, 0.1) is 0 Å². The molecule has 1 fully saturated rings. The Hall–Kier alpha value is -2.12. The molecule has 2 rings (SSSR count). The Morgan fingerprint density at radius 2 is 2.08 bits per heavy atom. The number of amides is 1. The largest absolute Gasteiger partial charge is 0.491 e. The molecule has 0 aliphatic carbocycles. The standard InChI is InChI=1S/C18H25NO6/c1-2-23-10-11-24-14-7-5-13(6-8-14)12-15(18(21)22)19-17(20)16-4-3-9-25-16/h5-8,15-16H,2-4,9-12H2,1H3,(H,19,20)(H,21,22)/t15-,16?/m0/s1. The highest BCUT2D eigenvalue weighted by Crippen LogP contribution is 2.15. The smallest absolute Gasteiger partial charge is 0.326 e. The van der Waals surface area contributed by atoms with Crippen LogP contribution in [-0.4, -0.2) is 55.6 Å². The average Bonchev–Trinajstić information content (AvgIpc) is 3.14. The lowest BCUT2D eigenvalue weighted by molar-refractivity contribution is -0.143. The van der Waals surface area contributed by atoms with E-state index in [2.05, 4.69) is 5.32 Å². The Morgan fingerprint density at radius 3 is 2.68 bits per heavy atom. The van der Waals surface area contributed by atoms with Crippen molar-refractivity contribution in [3.63, 3.8) is 0 Å². The van der Waals surface area contributed by atoms with Crippen molar-refractivity contribution in [3.8, 4) is 5.75 Å². The fourth-order valence-corrected chi connectivity index (χ4v) is 2.57. The van der Waals surface area contributed by atoms with Gasteiger partial charge in [-0.1, -0.05) is 12.1 Å². The van der Waals surface area contributed by atoms with Gasteiger partial charge in [-0.15, -0.1) is 0 Å². The highest BCUT2D eigenvalue weighted by molar-refractivity contribution is 5.86. The second kappa shape index (κ2) is 10.0.